The van der Waals surface area contributed by atoms with Crippen LogP contribution in [0.4, 0.5) is 14.5 Å². The van der Waals surface area contributed by atoms with Gasteiger partial charge in [0.25, 0.3) is 5.69 Å². The molecule has 0 aliphatic rings. The van der Waals surface area contributed by atoms with Crippen LogP contribution >= 0.6 is 0 Å². The van der Waals surface area contributed by atoms with Gasteiger partial charge in [0.1, 0.15) is 12.4 Å². The van der Waals surface area contributed by atoms with Gasteiger partial charge in [0.15, 0.2) is 11.6 Å². The average Bonchev–Trinajstić information content (AvgIpc) is 2.45. The lowest BCUT2D eigenvalue weighted by Crippen LogP contribution is -2.02. The van der Waals surface area contributed by atoms with Gasteiger partial charge >= 0.3 is 0 Å². The van der Waals surface area contributed by atoms with Gasteiger partial charge < -0.3 is 4.74 Å². The van der Waals surface area contributed by atoms with Crippen molar-refractivity contribution in [1.82, 2.24) is 0 Å². The summed E-state index contributed by atoms with van der Waals surface area (Å²) in [4.78, 5) is 10.1. The highest BCUT2D eigenvalue weighted by Gasteiger charge is 2.15. The zero-order valence-corrected chi connectivity index (χ0v) is 10.5. The van der Waals surface area contributed by atoms with E-state index >= 15 is 0 Å². The number of hydrogen-bond acceptors (Lipinski definition) is 4. The minimum absolute atomic E-state index is 0.0104. The second-order valence-electron chi connectivity index (χ2n) is 4.08. The van der Waals surface area contributed by atoms with E-state index in [-0.39, 0.29) is 29.2 Å². The van der Waals surface area contributed by atoms with Crippen molar-refractivity contribution >= 4 is 5.69 Å². The average molecular weight is 290 g/mol. The van der Waals surface area contributed by atoms with E-state index in [1.807, 2.05) is 0 Å². The first-order valence-corrected chi connectivity index (χ1v) is 5.76. The van der Waals surface area contributed by atoms with Crippen LogP contribution in [0.1, 0.15) is 11.1 Å². The minimum atomic E-state index is -0.770. The van der Waals surface area contributed by atoms with Crippen molar-refractivity contribution in [3.63, 3.8) is 0 Å². The molecule has 7 heteroatoms. The number of nitro groups is 1. The Morgan fingerprint density at radius 3 is 2.62 bits per heavy atom. The number of rotatable bonds is 4. The van der Waals surface area contributed by atoms with E-state index in [0.29, 0.717) is 0 Å². The molecule has 0 aliphatic carbocycles. The zero-order valence-electron chi connectivity index (χ0n) is 10.5. The summed E-state index contributed by atoms with van der Waals surface area (Å²) >= 11 is 0. The molecular formula is C14H8F2N2O3. The third-order valence-corrected chi connectivity index (χ3v) is 2.68. The van der Waals surface area contributed by atoms with Crippen molar-refractivity contribution in [1.29, 1.82) is 5.26 Å². The van der Waals surface area contributed by atoms with Crippen LogP contribution in [0.5, 0.6) is 5.75 Å². The monoisotopic (exact) mass is 290 g/mol. The molecule has 0 unspecified atom stereocenters. The summed E-state index contributed by atoms with van der Waals surface area (Å²) in [6.45, 7) is -0.364. The van der Waals surface area contributed by atoms with E-state index in [1.54, 1.807) is 6.07 Å². The quantitative estimate of drug-likeness (QED) is 0.639. The van der Waals surface area contributed by atoms with Gasteiger partial charge in [-0.15, -0.1) is 0 Å². The number of nitro benzene ring substituents is 1. The van der Waals surface area contributed by atoms with Crippen LogP contribution in [0.3, 0.4) is 0 Å². The van der Waals surface area contributed by atoms with Gasteiger partial charge in [-0.05, 0) is 30.3 Å². The number of hydrogen-bond donors (Lipinski definition) is 0. The third kappa shape index (κ3) is 3.30. The van der Waals surface area contributed by atoms with Gasteiger partial charge in [0.2, 0.25) is 0 Å². The maximum Gasteiger partial charge on any atom is 0.276 e. The van der Waals surface area contributed by atoms with Crippen molar-refractivity contribution in [2.24, 2.45) is 0 Å². The molecule has 0 aromatic heterocycles. The van der Waals surface area contributed by atoms with Crippen LogP contribution in [0, 0.1) is 33.1 Å². The first-order valence-electron chi connectivity index (χ1n) is 5.76. The fraction of sp³-hybridized carbons (Fsp3) is 0.0714. The number of nitrogens with zero attached hydrogens (tertiary/aromatic N) is 2. The molecular weight excluding hydrogens is 282 g/mol. The summed E-state index contributed by atoms with van der Waals surface area (Å²) in [5, 5.41) is 19.4. The topological polar surface area (TPSA) is 76.2 Å². The fourth-order valence-corrected chi connectivity index (χ4v) is 1.69. The third-order valence-electron chi connectivity index (χ3n) is 2.68. The Morgan fingerprint density at radius 2 is 2.00 bits per heavy atom. The van der Waals surface area contributed by atoms with Crippen LogP contribution in [0.15, 0.2) is 36.4 Å². The molecule has 2 rings (SSSR count). The summed E-state index contributed by atoms with van der Waals surface area (Å²) in [6, 6.07) is 8.27. The number of nitriles is 1. The van der Waals surface area contributed by atoms with Gasteiger partial charge in [-0.3, -0.25) is 10.1 Å². The summed E-state index contributed by atoms with van der Waals surface area (Å²) in [5.41, 5.74) is -0.203. The van der Waals surface area contributed by atoms with Gasteiger partial charge in [-0.25, -0.2) is 8.78 Å². The standard InChI is InChI=1S/C14H8F2N2O3/c15-11-2-3-13(18(19)20)10(6-11)8-21-14-4-1-9(7-17)5-12(14)16/h1-6H,8H2. The van der Waals surface area contributed by atoms with Crippen molar-refractivity contribution < 1.29 is 18.4 Å². The van der Waals surface area contributed by atoms with Gasteiger partial charge in [-0.1, -0.05) is 0 Å². The molecule has 0 amide bonds. The van der Waals surface area contributed by atoms with E-state index in [9.17, 15) is 18.9 Å². The lowest BCUT2D eigenvalue weighted by atomic mass is 10.2. The molecule has 21 heavy (non-hydrogen) atoms. The molecule has 0 bridgehead atoms. The first kappa shape index (κ1) is 14.4. The van der Waals surface area contributed by atoms with Crippen LogP contribution < -0.4 is 4.74 Å². The van der Waals surface area contributed by atoms with E-state index < -0.39 is 16.6 Å². The van der Waals surface area contributed by atoms with Crippen molar-refractivity contribution in [2.45, 2.75) is 6.61 Å². The molecule has 0 N–H and O–H groups in total. The highest BCUT2D eigenvalue weighted by atomic mass is 19.1. The molecule has 0 spiro atoms. The van der Waals surface area contributed by atoms with Gasteiger partial charge in [0, 0.05) is 6.07 Å². The molecule has 0 saturated heterocycles. The van der Waals surface area contributed by atoms with E-state index in [0.717, 1.165) is 24.3 Å². The van der Waals surface area contributed by atoms with Gasteiger partial charge in [-0.2, -0.15) is 5.26 Å². The summed E-state index contributed by atoms with van der Waals surface area (Å²) in [7, 11) is 0. The van der Waals surface area contributed by atoms with Crippen molar-refractivity contribution in [3.8, 4) is 11.8 Å². The summed E-state index contributed by atoms with van der Waals surface area (Å²) < 4.78 is 31.8. The van der Waals surface area contributed by atoms with E-state index in [1.165, 1.54) is 12.1 Å². The van der Waals surface area contributed by atoms with Crippen molar-refractivity contribution in [2.75, 3.05) is 0 Å². The molecule has 2 aromatic carbocycles. The molecule has 5 nitrogen and oxygen atoms in total. The summed E-state index contributed by atoms with van der Waals surface area (Å²) in [5.74, 6) is -1.60. The molecule has 0 heterocycles. The minimum Gasteiger partial charge on any atom is -0.486 e. The second kappa shape index (κ2) is 5.96. The Bertz CT molecular complexity index is 741. The normalized spacial score (nSPS) is 9.95. The molecule has 106 valence electrons. The van der Waals surface area contributed by atoms with Gasteiger partial charge in [0.05, 0.1) is 22.1 Å². The maximum atomic E-state index is 13.6. The van der Waals surface area contributed by atoms with E-state index in [4.69, 9.17) is 10.00 Å². The highest BCUT2D eigenvalue weighted by Crippen LogP contribution is 2.23. The first-order chi connectivity index (χ1) is 10.0. The smallest absolute Gasteiger partial charge is 0.276 e. The Hall–Kier alpha value is -3.01. The van der Waals surface area contributed by atoms with E-state index in [2.05, 4.69) is 0 Å². The second-order valence-corrected chi connectivity index (χ2v) is 4.08. The summed E-state index contributed by atoms with van der Waals surface area (Å²) in [6.07, 6.45) is 0. The number of ether oxygens (including phenoxy) is 1. The number of benzene rings is 2. The molecule has 0 aliphatic heterocycles. The van der Waals surface area contributed by atoms with Crippen molar-refractivity contribution in [3.05, 3.63) is 69.3 Å². The lowest BCUT2D eigenvalue weighted by molar-refractivity contribution is -0.385. The molecule has 2 aromatic rings. The number of halogens is 2. The van der Waals surface area contributed by atoms with Crippen LogP contribution in [0.25, 0.3) is 0 Å². The largest absolute Gasteiger partial charge is 0.486 e. The fourth-order valence-electron chi connectivity index (χ4n) is 1.69. The SMILES string of the molecule is N#Cc1ccc(OCc2cc(F)ccc2[N+](=O)[O-])c(F)c1. The van der Waals surface area contributed by atoms with Crippen LogP contribution in [-0.2, 0) is 6.61 Å². The Kier molecular flexibility index (Phi) is 4.09. The Labute approximate surface area is 118 Å². The maximum absolute atomic E-state index is 13.6. The predicted molar refractivity (Wildman–Crippen MR) is 68.5 cm³/mol. The van der Waals surface area contributed by atoms with Crippen LogP contribution in [0.2, 0.25) is 0 Å². The molecule has 0 fully saturated rings. The molecule has 0 atom stereocenters. The van der Waals surface area contributed by atoms with Crippen LogP contribution in [-0.4, -0.2) is 4.92 Å². The predicted octanol–water partition coefficient (Wildman–Crippen LogP) is 3.32. The highest BCUT2D eigenvalue weighted by molar-refractivity contribution is 5.41. The lowest BCUT2D eigenvalue weighted by Gasteiger charge is -2.08. The molecule has 0 saturated carbocycles. The zero-order chi connectivity index (χ0) is 15.4. The Balaban J connectivity index is 2.22. The molecule has 0 radical (unpaired) electrons. The Morgan fingerprint density at radius 1 is 1.24 bits per heavy atom.